The molecule has 0 aromatic carbocycles. The van der Waals surface area contributed by atoms with E-state index < -0.39 is 0 Å². The van der Waals surface area contributed by atoms with Crippen molar-refractivity contribution in [2.75, 3.05) is 38.6 Å². The quantitative estimate of drug-likeness (QED) is 0.825. The first-order chi connectivity index (χ1) is 11.8. The fourth-order valence-electron chi connectivity index (χ4n) is 3.39. The Labute approximate surface area is 146 Å². The van der Waals surface area contributed by atoms with E-state index in [1.807, 2.05) is 6.33 Å². The maximum Gasteiger partial charge on any atom is 0.191 e. The smallest absolute Gasteiger partial charge is 0.191 e. The molecule has 7 nitrogen and oxygen atoms in total. The Morgan fingerprint density at radius 2 is 1.96 bits per heavy atom. The zero-order chi connectivity index (χ0) is 16.4. The lowest BCUT2D eigenvalue weighted by Crippen LogP contribution is -2.38. The lowest BCUT2D eigenvalue weighted by Gasteiger charge is -2.26. The lowest BCUT2D eigenvalue weighted by atomic mass is 10.4. The Balaban J connectivity index is 1.51. The third kappa shape index (κ3) is 3.50. The van der Waals surface area contributed by atoms with E-state index in [1.165, 1.54) is 25.7 Å². The maximum absolute atomic E-state index is 6.12. The third-order valence-electron chi connectivity index (χ3n) is 4.81. The van der Waals surface area contributed by atoms with Crippen LogP contribution in [0, 0.1) is 0 Å². The van der Waals surface area contributed by atoms with Crippen molar-refractivity contribution in [3.63, 3.8) is 0 Å². The van der Waals surface area contributed by atoms with E-state index in [0.29, 0.717) is 16.6 Å². The maximum atomic E-state index is 6.12. The first-order valence-corrected chi connectivity index (χ1v) is 9.62. The molecular formula is C16H24N6OS. The van der Waals surface area contributed by atoms with E-state index in [2.05, 4.69) is 19.4 Å². The van der Waals surface area contributed by atoms with Crippen LogP contribution in [0.2, 0.25) is 0 Å². The molecule has 3 heterocycles. The van der Waals surface area contributed by atoms with Crippen LogP contribution in [-0.4, -0.2) is 62.5 Å². The summed E-state index contributed by atoms with van der Waals surface area (Å²) in [6, 6.07) is 0. The predicted molar refractivity (Wildman–Crippen MR) is 95.1 cm³/mol. The number of hydrogen-bond acceptors (Lipinski definition) is 7. The second-order valence-electron chi connectivity index (χ2n) is 6.48. The molecule has 0 unspecified atom stereocenters. The van der Waals surface area contributed by atoms with Gasteiger partial charge in [-0.15, -0.1) is 0 Å². The fourth-order valence-corrected chi connectivity index (χ4v) is 4.55. The average molecular weight is 348 g/mol. The van der Waals surface area contributed by atoms with Crippen molar-refractivity contribution in [3.05, 3.63) is 6.33 Å². The molecule has 2 fully saturated rings. The van der Waals surface area contributed by atoms with Crippen LogP contribution < -0.4 is 5.73 Å². The van der Waals surface area contributed by atoms with Gasteiger partial charge in [0.15, 0.2) is 16.6 Å². The Morgan fingerprint density at radius 3 is 2.75 bits per heavy atom. The van der Waals surface area contributed by atoms with E-state index in [4.69, 9.17) is 15.5 Å². The monoisotopic (exact) mass is 348 g/mol. The third-order valence-corrected chi connectivity index (χ3v) is 6.00. The van der Waals surface area contributed by atoms with Gasteiger partial charge in [-0.25, -0.2) is 15.0 Å². The van der Waals surface area contributed by atoms with E-state index >= 15 is 0 Å². The van der Waals surface area contributed by atoms with Crippen LogP contribution >= 0.6 is 11.8 Å². The molecule has 0 radical (unpaired) electrons. The molecule has 0 bridgehead atoms. The van der Waals surface area contributed by atoms with Crippen molar-refractivity contribution >= 4 is 28.7 Å². The highest BCUT2D eigenvalue weighted by Crippen LogP contribution is 2.34. The van der Waals surface area contributed by atoms with Crippen LogP contribution in [0.1, 0.15) is 25.7 Å². The molecule has 1 saturated heterocycles. The van der Waals surface area contributed by atoms with Crippen molar-refractivity contribution < 1.29 is 4.74 Å². The fraction of sp³-hybridized carbons (Fsp3) is 0.688. The summed E-state index contributed by atoms with van der Waals surface area (Å²) in [6.45, 7) is 5.47. The summed E-state index contributed by atoms with van der Waals surface area (Å²) in [4.78, 5) is 16.0. The van der Waals surface area contributed by atoms with E-state index in [0.717, 1.165) is 50.2 Å². The van der Waals surface area contributed by atoms with Crippen LogP contribution in [0.4, 0.5) is 5.82 Å². The van der Waals surface area contributed by atoms with E-state index in [9.17, 15) is 0 Å². The topological polar surface area (TPSA) is 82.1 Å². The minimum absolute atomic E-state index is 0.491. The zero-order valence-corrected chi connectivity index (χ0v) is 14.7. The predicted octanol–water partition coefficient (Wildman–Crippen LogP) is 1.78. The van der Waals surface area contributed by atoms with Crippen LogP contribution in [-0.2, 0) is 11.3 Å². The molecule has 24 heavy (non-hydrogen) atoms. The van der Waals surface area contributed by atoms with Crippen molar-refractivity contribution in [2.45, 2.75) is 42.6 Å². The molecule has 2 N–H and O–H groups in total. The SMILES string of the molecule is Nc1nc(SC2CCCC2)nc2c1ncn2CCN1CCOCC1. The molecule has 8 heteroatoms. The molecule has 2 aromatic rings. The first kappa shape index (κ1) is 16.1. The van der Waals surface area contributed by atoms with Crippen LogP contribution in [0.15, 0.2) is 11.5 Å². The molecular weight excluding hydrogens is 324 g/mol. The lowest BCUT2D eigenvalue weighted by molar-refractivity contribution is 0.0365. The highest BCUT2D eigenvalue weighted by molar-refractivity contribution is 7.99. The minimum atomic E-state index is 0.491. The van der Waals surface area contributed by atoms with Gasteiger partial charge in [0.05, 0.1) is 19.5 Å². The summed E-state index contributed by atoms with van der Waals surface area (Å²) in [6.07, 6.45) is 6.96. The van der Waals surface area contributed by atoms with Gasteiger partial charge in [0.1, 0.15) is 5.52 Å². The Morgan fingerprint density at radius 1 is 1.17 bits per heavy atom. The van der Waals surface area contributed by atoms with Gasteiger partial charge < -0.3 is 15.0 Å². The minimum Gasteiger partial charge on any atom is -0.382 e. The number of imidazole rings is 1. The van der Waals surface area contributed by atoms with E-state index in [1.54, 1.807) is 11.8 Å². The molecule has 1 saturated carbocycles. The number of nitrogens with two attached hydrogens (primary N) is 1. The summed E-state index contributed by atoms with van der Waals surface area (Å²) in [7, 11) is 0. The molecule has 1 aliphatic carbocycles. The number of anilines is 1. The zero-order valence-electron chi connectivity index (χ0n) is 13.9. The molecule has 0 spiro atoms. The molecule has 4 rings (SSSR count). The first-order valence-electron chi connectivity index (χ1n) is 8.75. The normalized spacial score (nSPS) is 20.2. The van der Waals surface area contributed by atoms with Crippen LogP contribution in [0.3, 0.4) is 0 Å². The molecule has 2 aliphatic rings. The number of hydrogen-bond donors (Lipinski definition) is 1. The van der Waals surface area contributed by atoms with Gasteiger partial charge in [-0.1, -0.05) is 24.6 Å². The molecule has 130 valence electrons. The van der Waals surface area contributed by atoms with E-state index in [-0.39, 0.29) is 0 Å². The summed E-state index contributed by atoms with van der Waals surface area (Å²) >= 11 is 1.77. The van der Waals surface area contributed by atoms with Crippen LogP contribution in [0.25, 0.3) is 11.2 Å². The van der Waals surface area contributed by atoms with Gasteiger partial charge in [-0.05, 0) is 12.8 Å². The van der Waals surface area contributed by atoms with Gasteiger partial charge in [-0.3, -0.25) is 4.90 Å². The van der Waals surface area contributed by atoms with Gasteiger partial charge in [-0.2, -0.15) is 0 Å². The largest absolute Gasteiger partial charge is 0.382 e. The Kier molecular flexibility index (Phi) is 4.86. The molecule has 2 aromatic heterocycles. The number of fused-ring (bicyclic) bond motifs is 1. The van der Waals surface area contributed by atoms with Gasteiger partial charge in [0, 0.05) is 31.4 Å². The highest BCUT2D eigenvalue weighted by atomic mass is 32.2. The van der Waals surface area contributed by atoms with Gasteiger partial charge in [0.2, 0.25) is 0 Å². The van der Waals surface area contributed by atoms with Crippen molar-refractivity contribution in [1.82, 2.24) is 24.4 Å². The highest BCUT2D eigenvalue weighted by Gasteiger charge is 2.20. The van der Waals surface area contributed by atoms with Crippen LogP contribution in [0.5, 0.6) is 0 Å². The van der Waals surface area contributed by atoms with Crippen molar-refractivity contribution in [1.29, 1.82) is 0 Å². The van der Waals surface area contributed by atoms with Gasteiger partial charge in [0.25, 0.3) is 0 Å². The van der Waals surface area contributed by atoms with Crippen molar-refractivity contribution in [3.8, 4) is 0 Å². The number of aromatic nitrogens is 4. The molecule has 0 amide bonds. The molecule has 0 atom stereocenters. The number of nitrogens with zero attached hydrogens (tertiary/aromatic N) is 5. The number of nitrogen functional groups attached to an aromatic ring is 1. The second kappa shape index (κ2) is 7.25. The Hall–Kier alpha value is -1.38. The van der Waals surface area contributed by atoms with Crippen molar-refractivity contribution in [2.24, 2.45) is 0 Å². The summed E-state index contributed by atoms with van der Waals surface area (Å²) < 4.78 is 7.50. The average Bonchev–Trinajstić information content (AvgIpc) is 3.24. The summed E-state index contributed by atoms with van der Waals surface area (Å²) in [5.41, 5.74) is 7.69. The second-order valence-corrected chi connectivity index (χ2v) is 7.75. The molecule has 1 aliphatic heterocycles. The summed E-state index contributed by atoms with van der Waals surface area (Å²) in [5.74, 6) is 0.491. The Bertz CT molecular complexity index is 693. The van der Waals surface area contributed by atoms with Gasteiger partial charge >= 0.3 is 0 Å². The number of thioether (sulfide) groups is 1. The number of rotatable bonds is 5. The number of ether oxygens (including phenoxy) is 1. The number of morpholine rings is 1. The standard InChI is InChI=1S/C16H24N6OS/c17-14-13-15(20-16(19-14)24-12-3-1-2-4-12)22(11-18-13)6-5-21-7-9-23-10-8-21/h11-12H,1-10H2,(H2,17,19,20). The summed E-state index contributed by atoms with van der Waals surface area (Å²) in [5, 5.41) is 1.42.